The van der Waals surface area contributed by atoms with Crippen LogP contribution >= 0.6 is 0 Å². The molecule has 3 nitrogen and oxygen atoms in total. The topological polar surface area (TPSA) is 46.2 Å². The van der Waals surface area contributed by atoms with Crippen LogP contribution in [0.4, 0.5) is 17.6 Å². The molecule has 19 heavy (non-hydrogen) atoms. The van der Waals surface area contributed by atoms with Crippen LogP contribution in [0.2, 0.25) is 0 Å². The van der Waals surface area contributed by atoms with Gasteiger partial charge in [-0.3, -0.25) is 9.59 Å². The number of amides is 1. The van der Waals surface area contributed by atoms with Gasteiger partial charge in [-0.05, 0) is 26.0 Å². The van der Waals surface area contributed by atoms with Gasteiger partial charge >= 0.3 is 6.18 Å². The minimum atomic E-state index is -4.88. The van der Waals surface area contributed by atoms with Crippen molar-refractivity contribution in [1.82, 2.24) is 5.32 Å². The highest BCUT2D eigenvalue weighted by molar-refractivity contribution is 5.97. The van der Waals surface area contributed by atoms with Crippen LogP contribution in [0.5, 0.6) is 0 Å². The van der Waals surface area contributed by atoms with E-state index in [0.29, 0.717) is 6.07 Å². The molecule has 0 aliphatic heterocycles. The zero-order valence-electron chi connectivity index (χ0n) is 10.1. The first kappa shape index (κ1) is 15.1. The molecule has 0 radical (unpaired) electrons. The lowest BCUT2D eigenvalue weighted by atomic mass is 10.1. The fourth-order valence-electron chi connectivity index (χ4n) is 1.30. The zero-order chi connectivity index (χ0) is 14.8. The maximum Gasteiger partial charge on any atom is 0.419 e. The van der Waals surface area contributed by atoms with Crippen molar-refractivity contribution in [3.63, 3.8) is 0 Å². The van der Waals surface area contributed by atoms with Gasteiger partial charge in [0.15, 0.2) is 5.78 Å². The fourth-order valence-corrected chi connectivity index (χ4v) is 1.30. The van der Waals surface area contributed by atoms with Crippen molar-refractivity contribution in [2.45, 2.75) is 26.1 Å². The van der Waals surface area contributed by atoms with Gasteiger partial charge < -0.3 is 5.32 Å². The van der Waals surface area contributed by atoms with E-state index in [9.17, 15) is 27.2 Å². The van der Waals surface area contributed by atoms with Crippen LogP contribution in [0.15, 0.2) is 18.2 Å². The van der Waals surface area contributed by atoms with E-state index >= 15 is 0 Å². The van der Waals surface area contributed by atoms with Crippen LogP contribution in [0.1, 0.15) is 29.8 Å². The van der Waals surface area contributed by atoms with E-state index in [0.717, 1.165) is 12.1 Å². The Hall–Kier alpha value is -1.92. The molecule has 1 aromatic carbocycles. The Morgan fingerprint density at radius 2 is 1.84 bits per heavy atom. The lowest BCUT2D eigenvalue weighted by Gasteiger charge is -2.13. The zero-order valence-corrected chi connectivity index (χ0v) is 10.1. The summed E-state index contributed by atoms with van der Waals surface area (Å²) in [5.74, 6) is -3.10. The number of hydrogen-bond donors (Lipinski definition) is 1. The Bertz CT molecular complexity index is 511. The molecule has 0 aliphatic carbocycles. The minimum Gasteiger partial charge on any atom is -0.342 e. The normalized spacial score (nSPS) is 12.9. The van der Waals surface area contributed by atoms with Gasteiger partial charge in [-0.25, -0.2) is 4.39 Å². The molecular weight excluding hydrogens is 266 g/mol. The van der Waals surface area contributed by atoms with E-state index < -0.39 is 35.1 Å². The number of carbonyl (C=O) groups excluding carboxylic acids is 2. The van der Waals surface area contributed by atoms with Gasteiger partial charge in [-0.1, -0.05) is 6.07 Å². The van der Waals surface area contributed by atoms with Crippen LogP contribution in [0.25, 0.3) is 0 Å². The third kappa shape index (κ3) is 3.52. The number of rotatable bonds is 3. The highest BCUT2D eigenvalue weighted by Crippen LogP contribution is 2.32. The number of Topliss-reactive ketones (excluding diaryl/α,β-unsaturated/α-hetero) is 1. The number of carbonyl (C=O) groups is 2. The minimum absolute atomic E-state index is 0.388. The van der Waals surface area contributed by atoms with Gasteiger partial charge in [-0.2, -0.15) is 13.2 Å². The van der Waals surface area contributed by atoms with Crippen molar-refractivity contribution in [2.24, 2.45) is 0 Å². The predicted octanol–water partition coefficient (Wildman–Crippen LogP) is 2.55. The quantitative estimate of drug-likeness (QED) is 0.863. The summed E-state index contributed by atoms with van der Waals surface area (Å²) in [6, 6.07) is 1.49. The second-order valence-corrected chi connectivity index (χ2v) is 3.97. The molecule has 0 bridgehead atoms. The molecular formula is C12H11F4NO2. The van der Waals surface area contributed by atoms with E-state index in [1.807, 2.05) is 0 Å². The molecule has 0 spiro atoms. The second kappa shape index (κ2) is 5.38. The number of ketones is 1. The predicted molar refractivity (Wildman–Crippen MR) is 59.0 cm³/mol. The first-order valence-electron chi connectivity index (χ1n) is 5.31. The second-order valence-electron chi connectivity index (χ2n) is 3.97. The summed E-state index contributed by atoms with van der Waals surface area (Å²) in [5, 5.41) is 2.12. The molecule has 1 amide bonds. The standard InChI is InChI=1S/C12H11F4NO2/c1-6(7(2)18)17-11(19)8-4-3-5-9(10(8)13)12(14,15)16/h3-6H,1-2H3,(H,17,19). The van der Waals surface area contributed by atoms with Crippen molar-refractivity contribution in [1.29, 1.82) is 0 Å². The van der Waals surface area contributed by atoms with Crippen molar-refractivity contribution in [3.05, 3.63) is 35.1 Å². The van der Waals surface area contributed by atoms with Crippen molar-refractivity contribution >= 4 is 11.7 Å². The van der Waals surface area contributed by atoms with Crippen molar-refractivity contribution < 1.29 is 27.2 Å². The van der Waals surface area contributed by atoms with E-state index in [-0.39, 0.29) is 5.78 Å². The third-order valence-electron chi connectivity index (χ3n) is 2.51. The molecule has 0 fully saturated rings. The number of nitrogens with one attached hydrogen (secondary N) is 1. The van der Waals surface area contributed by atoms with Crippen molar-refractivity contribution in [2.75, 3.05) is 0 Å². The van der Waals surface area contributed by atoms with Gasteiger partial charge in [0.25, 0.3) is 5.91 Å². The highest BCUT2D eigenvalue weighted by atomic mass is 19.4. The van der Waals surface area contributed by atoms with Gasteiger partial charge in [0.2, 0.25) is 0 Å². The molecule has 0 heterocycles. The molecule has 0 aliphatic rings. The summed E-state index contributed by atoms with van der Waals surface area (Å²) < 4.78 is 51.0. The van der Waals surface area contributed by atoms with E-state index in [4.69, 9.17) is 0 Å². The lowest BCUT2D eigenvalue weighted by molar-refractivity contribution is -0.140. The molecule has 104 valence electrons. The van der Waals surface area contributed by atoms with Crippen LogP contribution in [0.3, 0.4) is 0 Å². The average molecular weight is 277 g/mol. The molecule has 1 rings (SSSR count). The lowest BCUT2D eigenvalue weighted by Crippen LogP contribution is -2.37. The largest absolute Gasteiger partial charge is 0.419 e. The van der Waals surface area contributed by atoms with Gasteiger partial charge in [0.05, 0.1) is 17.2 Å². The maximum atomic E-state index is 13.6. The molecule has 1 N–H and O–H groups in total. The van der Waals surface area contributed by atoms with Crippen LogP contribution in [-0.2, 0) is 11.0 Å². The first-order valence-corrected chi connectivity index (χ1v) is 5.31. The number of alkyl halides is 3. The Morgan fingerprint density at radius 3 is 2.32 bits per heavy atom. The van der Waals surface area contributed by atoms with Gasteiger partial charge in [0.1, 0.15) is 5.82 Å². The summed E-state index contributed by atoms with van der Waals surface area (Å²) in [6.45, 7) is 2.55. The van der Waals surface area contributed by atoms with Gasteiger partial charge in [0, 0.05) is 0 Å². The van der Waals surface area contributed by atoms with Gasteiger partial charge in [-0.15, -0.1) is 0 Å². The molecule has 0 saturated carbocycles. The number of hydrogen-bond acceptors (Lipinski definition) is 2. The summed E-state index contributed by atoms with van der Waals surface area (Å²) in [5.41, 5.74) is -2.27. The highest BCUT2D eigenvalue weighted by Gasteiger charge is 2.35. The average Bonchev–Trinajstić information content (AvgIpc) is 2.27. The number of benzene rings is 1. The summed E-state index contributed by atoms with van der Waals surface area (Å²) >= 11 is 0. The smallest absolute Gasteiger partial charge is 0.342 e. The van der Waals surface area contributed by atoms with Crippen LogP contribution in [0, 0.1) is 5.82 Å². The molecule has 0 aromatic heterocycles. The van der Waals surface area contributed by atoms with E-state index in [2.05, 4.69) is 5.32 Å². The molecule has 1 atom stereocenters. The summed E-state index contributed by atoms with van der Waals surface area (Å²) in [4.78, 5) is 22.5. The Kier molecular flexibility index (Phi) is 4.28. The molecule has 7 heteroatoms. The van der Waals surface area contributed by atoms with E-state index in [1.54, 1.807) is 0 Å². The van der Waals surface area contributed by atoms with Crippen LogP contribution < -0.4 is 5.32 Å². The summed E-state index contributed by atoms with van der Waals surface area (Å²) in [7, 11) is 0. The fraction of sp³-hybridized carbons (Fsp3) is 0.333. The molecule has 1 aromatic rings. The Labute approximate surface area is 106 Å². The Balaban J connectivity index is 3.09. The SMILES string of the molecule is CC(=O)C(C)NC(=O)c1cccc(C(F)(F)F)c1F. The molecule has 1 unspecified atom stereocenters. The first-order chi connectivity index (χ1) is 8.64. The molecule has 0 saturated heterocycles. The maximum absolute atomic E-state index is 13.6. The Morgan fingerprint density at radius 1 is 1.26 bits per heavy atom. The monoisotopic (exact) mass is 277 g/mol. The summed E-state index contributed by atoms with van der Waals surface area (Å²) in [6.07, 6.45) is -4.88. The van der Waals surface area contributed by atoms with Crippen molar-refractivity contribution in [3.8, 4) is 0 Å². The number of halogens is 4. The van der Waals surface area contributed by atoms with E-state index in [1.165, 1.54) is 13.8 Å². The third-order valence-corrected chi connectivity index (χ3v) is 2.51. The van der Waals surface area contributed by atoms with Crippen LogP contribution in [-0.4, -0.2) is 17.7 Å².